The van der Waals surface area contributed by atoms with E-state index in [0.717, 1.165) is 25.2 Å². The Labute approximate surface area is 93.8 Å². The SMILES string of the molecule is CC1CC(NC2CCOC2)CC(C)(C)C1. The average Bonchev–Trinajstić information content (AvgIpc) is 2.52. The fraction of sp³-hybridized carbons (Fsp3) is 1.00. The summed E-state index contributed by atoms with van der Waals surface area (Å²) in [5, 5.41) is 3.78. The van der Waals surface area contributed by atoms with Gasteiger partial charge in [-0.1, -0.05) is 20.8 Å². The van der Waals surface area contributed by atoms with Crippen molar-refractivity contribution in [2.24, 2.45) is 11.3 Å². The topological polar surface area (TPSA) is 21.3 Å². The molecule has 0 aromatic rings. The Balaban J connectivity index is 1.85. The van der Waals surface area contributed by atoms with Crippen LogP contribution in [0, 0.1) is 11.3 Å². The van der Waals surface area contributed by atoms with Crippen LogP contribution in [0.5, 0.6) is 0 Å². The molecule has 0 spiro atoms. The van der Waals surface area contributed by atoms with E-state index in [-0.39, 0.29) is 0 Å². The predicted octanol–water partition coefficient (Wildman–Crippen LogP) is 2.58. The van der Waals surface area contributed by atoms with Crippen LogP contribution >= 0.6 is 0 Å². The Bertz CT molecular complexity index is 209. The molecule has 1 heterocycles. The lowest BCUT2D eigenvalue weighted by molar-refractivity contribution is 0.137. The first-order valence-electron chi connectivity index (χ1n) is 6.39. The molecule has 2 nitrogen and oxygen atoms in total. The van der Waals surface area contributed by atoms with Crippen molar-refractivity contribution in [3.05, 3.63) is 0 Å². The van der Waals surface area contributed by atoms with Gasteiger partial charge in [-0.3, -0.25) is 0 Å². The Morgan fingerprint density at radius 2 is 2.00 bits per heavy atom. The number of rotatable bonds is 2. The third kappa shape index (κ3) is 3.18. The largest absolute Gasteiger partial charge is 0.380 e. The second-order valence-corrected chi connectivity index (χ2v) is 6.34. The van der Waals surface area contributed by atoms with Gasteiger partial charge in [-0.25, -0.2) is 0 Å². The van der Waals surface area contributed by atoms with Crippen LogP contribution in [0.2, 0.25) is 0 Å². The standard InChI is InChI=1S/C13H25NO/c1-10-6-12(8-13(2,3)7-10)14-11-4-5-15-9-11/h10-12,14H,4-9H2,1-3H3. The summed E-state index contributed by atoms with van der Waals surface area (Å²) in [6.45, 7) is 9.07. The van der Waals surface area contributed by atoms with E-state index in [0.29, 0.717) is 11.5 Å². The molecule has 0 bridgehead atoms. The van der Waals surface area contributed by atoms with E-state index in [2.05, 4.69) is 26.1 Å². The van der Waals surface area contributed by atoms with E-state index in [1.807, 2.05) is 0 Å². The lowest BCUT2D eigenvalue weighted by atomic mass is 9.70. The molecule has 1 saturated heterocycles. The van der Waals surface area contributed by atoms with Gasteiger partial charge in [-0.15, -0.1) is 0 Å². The van der Waals surface area contributed by atoms with E-state index in [4.69, 9.17) is 4.74 Å². The lowest BCUT2D eigenvalue weighted by Gasteiger charge is -2.40. The lowest BCUT2D eigenvalue weighted by Crippen LogP contribution is -2.45. The Kier molecular flexibility index (Phi) is 3.36. The van der Waals surface area contributed by atoms with Crippen molar-refractivity contribution in [2.75, 3.05) is 13.2 Å². The number of ether oxygens (including phenoxy) is 1. The Morgan fingerprint density at radius 3 is 2.60 bits per heavy atom. The first-order valence-corrected chi connectivity index (χ1v) is 6.39. The monoisotopic (exact) mass is 211 g/mol. The summed E-state index contributed by atoms with van der Waals surface area (Å²) in [5.41, 5.74) is 0.523. The molecule has 0 aromatic carbocycles. The van der Waals surface area contributed by atoms with Crippen LogP contribution in [0.4, 0.5) is 0 Å². The highest BCUT2D eigenvalue weighted by Gasteiger charge is 2.33. The number of nitrogens with one attached hydrogen (secondary N) is 1. The average molecular weight is 211 g/mol. The highest BCUT2D eigenvalue weighted by atomic mass is 16.5. The minimum atomic E-state index is 0.523. The van der Waals surface area contributed by atoms with Crippen LogP contribution in [-0.4, -0.2) is 25.3 Å². The molecule has 0 amide bonds. The molecule has 1 saturated carbocycles. The van der Waals surface area contributed by atoms with E-state index < -0.39 is 0 Å². The fourth-order valence-electron chi connectivity index (χ4n) is 3.47. The van der Waals surface area contributed by atoms with Crippen LogP contribution < -0.4 is 5.32 Å². The molecular weight excluding hydrogens is 186 g/mol. The van der Waals surface area contributed by atoms with Gasteiger partial charge in [0.1, 0.15) is 0 Å². The molecule has 1 aliphatic carbocycles. The van der Waals surface area contributed by atoms with Gasteiger partial charge < -0.3 is 10.1 Å². The minimum Gasteiger partial charge on any atom is -0.380 e. The Hall–Kier alpha value is -0.0800. The van der Waals surface area contributed by atoms with Crippen LogP contribution in [0.1, 0.15) is 46.5 Å². The quantitative estimate of drug-likeness (QED) is 0.758. The summed E-state index contributed by atoms with van der Waals surface area (Å²) >= 11 is 0. The smallest absolute Gasteiger partial charge is 0.0620 e. The fourth-order valence-corrected chi connectivity index (χ4v) is 3.47. The molecule has 3 atom stereocenters. The molecule has 1 N–H and O–H groups in total. The zero-order valence-electron chi connectivity index (χ0n) is 10.4. The van der Waals surface area contributed by atoms with Crippen LogP contribution in [0.3, 0.4) is 0 Å². The van der Waals surface area contributed by atoms with E-state index in [1.54, 1.807) is 0 Å². The van der Waals surface area contributed by atoms with Crippen LogP contribution in [0.25, 0.3) is 0 Å². The highest BCUT2D eigenvalue weighted by Crippen LogP contribution is 2.38. The number of hydrogen-bond donors (Lipinski definition) is 1. The first-order chi connectivity index (χ1) is 7.05. The van der Waals surface area contributed by atoms with Crippen molar-refractivity contribution < 1.29 is 4.74 Å². The van der Waals surface area contributed by atoms with Crippen molar-refractivity contribution in [1.29, 1.82) is 0 Å². The van der Waals surface area contributed by atoms with Crippen molar-refractivity contribution in [2.45, 2.75) is 58.5 Å². The summed E-state index contributed by atoms with van der Waals surface area (Å²) in [5.74, 6) is 0.869. The molecule has 15 heavy (non-hydrogen) atoms. The summed E-state index contributed by atoms with van der Waals surface area (Å²) in [6.07, 6.45) is 5.26. The molecule has 0 radical (unpaired) electrons. The maximum absolute atomic E-state index is 5.41. The van der Waals surface area contributed by atoms with Gasteiger partial charge >= 0.3 is 0 Å². The van der Waals surface area contributed by atoms with Gasteiger partial charge in [-0.05, 0) is 37.0 Å². The minimum absolute atomic E-state index is 0.523. The summed E-state index contributed by atoms with van der Waals surface area (Å²) in [7, 11) is 0. The molecule has 0 aromatic heterocycles. The normalized spacial score (nSPS) is 40.6. The van der Waals surface area contributed by atoms with Crippen molar-refractivity contribution in [3.8, 4) is 0 Å². The van der Waals surface area contributed by atoms with Crippen molar-refractivity contribution >= 4 is 0 Å². The van der Waals surface area contributed by atoms with Gasteiger partial charge in [0, 0.05) is 18.7 Å². The molecule has 2 heteroatoms. The molecule has 2 aliphatic rings. The van der Waals surface area contributed by atoms with Crippen LogP contribution in [0.15, 0.2) is 0 Å². The van der Waals surface area contributed by atoms with Crippen LogP contribution in [-0.2, 0) is 4.74 Å². The Morgan fingerprint density at radius 1 is 1.20 bits per heavy atom. The van der Waals surface area contributed by atoms with E-state index in [9.17, 15) is 0 Å². The van der Waals surface area contributed by atoms with E-state index >= 15 is 0 Å². The zero-order valence-corrected chi connectivity index (χ0v) is 10.4. The molecule has 2 fully saturated rings. The molecule has 1 aliphatic heterocycles. The summed E-state index contributed by atoms with van der Waals surface area (Å²) in [6, 6.07) is 1.34. The maximum atomic E-state index is 5.41. The third-order valence-electron chi connectivity index (χ3n) is 3.79. The van der Waals surface area contributed by atoms with Gasteiger partial charge in [-0.2, -0.15) is 0 Å². The van der Waals surface area contributed by atoms with Gasteiger partial charge in [0.05, 0.1) is 6.61 Å². The van der Waals surface area contributed by atoms with Crippen molar-refractivity contribution in [1.82, 2.24) is 5.32 Å². The van der Waals surface area contributed by atoms with E-state index in [1.165, 1.54) is 25.7 Å². The molecule has 2 rings (SSSR count). The van der Waals surface area contributed by atoms with Gasteiger partial charge in [0.15, 0.2) is 0 Å². The highest BCUT2D eigenvalue weighted by molar-refractivity contribution is 4.88. The predicted molar refractivity (Wildman–Crippen MR) is 62.9 cm³/mol. The third-order valence-corrected chi connectivity index (χ3v) is 3.79. The summed E-state index contributed by atoms with van der Waals surface area (Å²) in [4.78, 5) is 0. The number of hydrogen-bond acceptors (Lipinski definition) is 2. The van der Waals surface area contributed by atoms with Crippen molar-refractivity contribution in [3.63, 3.8) is 0 Å². The van der Waals surface area contributed by atoms with Gasteiger partial charge in [0.25, 0.3) is 0 Å². The first kappa shape index (κ1) is 11.4. The summed E-state index contributed by atoms with van der Waals surface area (Å²) < 4.78 is 5.41. The zero-order chi connectivity index (χ0) is 10.9. The second kappa shape index (κ2) is 4.42. The molecule has 3 unspecified atom stereocenters. The molecule has 88 valence electrons. The van der Waals surface area contributed by atoms with Gasteiger partial charge in [0.2, 0.25) is 0 Å². The molecular formula is C13H25NO. The second-order valence-electron chi connectivity index (χ2n) is 6.34. The maximum Gasteiger partial charge on any atom is 0.0620 e.